The molecule has 2 amide bonds. The van der Waals surface area contributed by atoms with E-state index in [1.165, 1.54) is 30.2 Å². The number of carbonyl (C=O) groups is 2. The molecule has 1 N–H and O–H groups in total. The van der Waals surface area contributed by atoms with Gasteiger partial charge in [0.05, 0.1) is 17.7 Å². The fraction of sp³-hybridized carbons (Fsp3) is 0.333. The molecule has 0 saturated carbocycles. The van der Waals surface area contributed by atoms with Crippen molar-refractivity contribution >= 4 is 39.1 Å². The van der Waals surface area contributed by atoms with E-state index < -0.39 is 28.5 Å². The second kappa shape index (κ2) is 14.2. The van der Waals surface area contributed by atoms with Crippen molar-refractivity contribution in [1.29, 1.82) is 0 Å². The maximum atomic E-state index is 14.0. The van der Waals surface area contributed by atoms with Gasteiger partial charge >= 0.3 is 0 Å². The first-order chi connectivity index (χ1) is 19.1. The summed E-state index contributed by atoms with van der Waals surface area (Å²) in [6.07, 6.45) is 1.72. The summed E-state index contributed by atoms with van der Waals surface area (Å²) in [4.78, 5) is 28.4. The summed E-state index contributed by atoms with van der Waals surface area (Å²) in [5, 5.41) is 3.15. The summed E-state index contributed by atoms with van der Waals surface area (Å²) in [6, 6.07) is 19.3. The second-order valence-corrected chi connectivity index (χ2v) is 11.8. The summed E-state index contributed by atoms with van der Waals surface area (Å²) >= 11 is 6.27. The molecule has 3 aromatic rings. The Morgan fingerprint density at radius 2 is 1.70 bits per heavy atom. The Hall–Kier alpha value is -3.56. The van der Waals surface area contributed by atoms with Gasteiger partial charge in [-0.2, -0.15) is 0 Å². The molecule has 3 rings (SSSR count). The minimum atomic E-state index is -4.24. The lowest BCUT2D eigenvalue weighted by Crippen LogP contribution is -2.51. The lowest BCUT2D eigenvalue weighted by molar-refractivity contribution is -0.139. The van der Waals surface area contributed by atoms with Crippen LogP contribution in [-0.4, -0.2) is 51.4 Å². The third kappa shape index (κ3) is 7.76. The topological polar surface area (TPSA) is 96.0 Å². The van der Waals surface area contributed by atoms with E-state index in [-0.39, 0.29) is 33.8 Å². The number of nitrogens with one attached hydrogen (secondary N) is 1. The number of benzene rings is 3. The summed E-state index contributed by atoms with van der Waals surface area (Å²) in [7, 11) is -2.83. The van der Waals surface area contributed by atoms with Crippen LogP contribution in [0.5, 0.6) is 5.75 Å². The Morgan fingerprint density at radius 1 is 1.02 bits per heavy atom. The average Bonchev–Trinajstić information content (AvgIpc) is 2.95. The van der Waals surface area contributed by atoms with E-state index in [1.54, 1.807) is 31.2 Å². The number of hydrogen-bond donors (Lipinski definition) is 1. The van der Waals surface area contributed by atoms with E-state index in [0.29, 0.717) is 6.54 Å². The zero-order chi connectivity index (χ0) is 29.3. The van der Waals surface area contributed by atoms with Gasteiger partial charge in [0.2, 0.25) is 11.8 Å². The van der Waals surface area contributed by atoms with Crippen molar-refractivity contribution in [3.8, 4) is 5.75 Å². The van der Waals surface area contributed by atoms with Crippen LogP contribution in [0, 0.1) is 6.92 Å². The first-order valence-corrected chi connectivity index (χ1v) is 14.9. The predicted octanol–water partition coefficient (Wildman–Crippen LogP) is 5.19. The zero-order valence-corrected chi connectivity index (χ0v) is 24.8. The number of aryl methyl sites for hydroxylation is 1. The van der Waals surface area contributed by atoms with Gasteiger partial charge in [-0.25, -0.2) is 8.42 Å². The Balaban J connectivity index is 2.06. The van der Waals surface area contributed by atoms with E-state index in [4.69, 9.17) is 16.3 Å². The quantitative estimate of drug-likeness (QED) is 0.279. The second-order valence-electron chi connectivity index (χ2n) is 9.47. The molecule has 8 nitrogen and oxygen atoms in total. The van der Waals surface area contributed by atoms with Gasteiger partial charge in [0.25, 0.3) is 10.0 Å². The molecule has 0 aliphatic heterocycles. The number of amides is 2. The Bertz CT molecular complexity index is 1400. The number of nitrogens with zero attached hydrogens (tertiary/aromatic N) is 2. The number of halogens is 1. The van der Waals surface area contributed by atoms with Crippen LogP contribution in [0.3, 0.4) is 0 Å². The van der Waals surface area contributed by atoms with Gasteiger partial charge in [-0.15, -0.1) is 0 Å². The molecule has 214 valence electrons. The van der Waals surface area contributed by atoms with Crippen LogP contribution in [0.25, 0.3) is 0 Å². The van der Waals surface area contributed by atoms with Gasteiger partial charge < -0.3 is 15.0 Å². The SMILES string of the molecule is CCCCNC(=O)[C@@H](C)N(Cc1ccccc1)C(=O)CN(c1cc(Cl)ccc1OC)S(=O)(=O)c1ccc(C)cc1. The van der Waals surface area contributed by atoms with Gasteiger partial charge in [-0.1, -0.05) is 73.0 Å². The van der Waals surface area contributed by atoms with Gasteiger partial charge in [-0.3, -0.25) is 13.9 Å². The van der Waals surface area contributed by atoms with Crippen molar-refractivity contribution in [3.05, 3.63) is 88.9 Å². The number of ether oxygens (including phenoxy) is 1. The molecular weight excluding hydrogens is 550 g/mol. The normalized spacial score (nSPS) is 11.9. The number of unbranched alkanes of at least 4 members (excludes halogenated alkanes) is 1. The van der Waals surface area contributed by atoms with Crippen molar-refractivity contribution < 1.29 is 22.7 Å². The van der Waals surface area contributed by atoms with Crippen LogP contribution in [0.15, 0.2) is 77.7 Å². The maximum Gasteiger partial charge on any atom is 0.264 e. The highest BCUT2D eigenvalue weighted by molar-refractivity contribution is 7.92. The molecule has 0 bridgehead atoms. The molecule has 40 heavy (non-hydrogen) atoms. The third-order valence-electron chi connectivity index (χ3n) is 6.49. The Labute approximate surface area is 241 Å². The van der Waals surface area contributed by atoms with Crippen molar-refractivity contribution in [1.82, 2.24) is 10.2 Å². The van der Waals surface area contributed by atoms with Gasteiger partial charge in [0.1, 0.15) is 18.3 Å². The Kier molecular flexibility index (Phi) is 11.0. The lowest BCUT2D eigenvalue weighted by atomic mass is 10.1. The average molecular weight is 586 g/mol. The van der Waals surface area contributed by atoms with Crippen LogP contribution in [0.4, 0.5) is 5.69 Å². The van der Waals surface area contributed by atoms with Gasteiger partial charge in [0.15, 0.2) is 0 Å². The molecule has 10 heteroatoms. The molecule has 0 radical (unpaired) electrons. The zero-order valence-electron chi connectivity index (χ0n) is 23.3. The fourth-order valence-corrected chi connectivity index (χ4v) is 5.69. The van der Waals surface area contributed by atoms with E-state index >= 15 is 0 Å². The molecule has 0 saturated heterocycles. The van der Waals surface area contributed by atoms with Gasteiger partial charge in [-0.05, 0) is 56.2 Å². The Morgan fingerprint density at radius 3 is 2.33 bits per heavy atom. The molecule has 0 fully saturated rings. The van der Waals surface area contributed by atoms with E-state index in [0.717, 1.165) is 28.3 Å². The van der Waals surface area contributed by atoms with Crippen LogP contribution in [0.2, 0.25) is 5.02 Å². The fourth-order valence-electron chi connectivity index (χ4n) is 4.11. The number of methoxy groups -OCH3 is 1. The van der Waals surface area contributed by atoms with Crippen molar-refractivity contribution in [2.24, 2.45) is 0 Å². The summed E-state index contributed by atoms with van der Waals surface area (Å²) < 4.78 is 34.4. The highest BCUT2D eigenvalue weighted by atomic mass is 35.5. The molecule has 3 aromatic carbocycles. The predicted molar refractivity (Wildman–Crippen MR) is 158 cm³/mol. The molecule has 0 aliphatic rings. The highest BCUT2D eigenvalue weighted by Crippen LogP contribution is 2.35. The molecule has 1 atom stereocenters. The van der Waals surface area contributed by atoms with E-state index in [1.807, 2.05) is 44.2 Å². The van der Waals surface area contributed by atoms with Crippen molar-refractivity contribution in [2.45, 2.75) is 51.1 Å². The molecule has 0 aromatic heterocycles. The standard InChI is InChI=1S/C30H36ClN3O5S/c1-5-6-18-32-30(36)23(3)33(20-24-10-8-7-9-11-24)29(35)21-34(27-19-25(31)14-17-28(27)39-4)40(37,38)26-15-12-22(2)13-16-26/h7-17,19,23H,5-6,18,20-21H2,1-4H3,(H,32,36)/t23-/m1/s1. The van der Waals surface area contributed by atoms with Crippen LogP contribution >= 0.6 is 11.6 Å². The molecule has 0 unspecified atom stereocenters. The maximum absolute atomic E-state index is 14.0. The number of rotatable bonds is 13. The third-order valence-corrected chi connectivity index (χ3v) is 8.50. The van der Waals surface area contributed by atoms with Crippen molar-refractivity contribution in [2.75, 3.05) is 24.5 Å². The number of anilines is 1. The number of hydrogen-bond acceptors (Lipinski definition) is 5. The number of sulfonamides is 1. The van der Waals surface area contributed by atoms with Crippen LogP contribution in [-0.2, 0) is 26.2 Å². The largest absolute Gasteiger partial charge is 0.495 e. The smallest absolute Gasteiger partial charge is 0.264 e. The molecule has 0 spiro atoms. The van der Waals surface area contributed by atoms with Crippen LogP contribution in [0.1, 0.15) is 37.8 Å². The van der Waals surface area contributed by atoms with E-state index in [2.05, 4.69) is 5.32 Å². The summed E-state index contributed by atoms with van der Waals surface area (Å²) in [5.74, 6) is -0.640. The highest BCUT2D eigenvalue weighted by Gasteiger charge is 2.34. The first kappa shape index (κ1) is 31.0. The molecule has 0 aliphatic carbocycles. The van der Waals surface area contributed by atoms with Crippen molar-refractivity contribution in [3.63, 3.8) is 0 Å². The number of carbonyl (C=O) groups excluding carboxylic acids is 2. The lowest BCUT2D eigenvalue weighted by Gasteiger charge is -2.32. The summed E-state index contributed by atoms with van der Waals surface area (Å²) in [5.41, 5.74) is 1.81. The minimum Gasteiger partial charge on any atom is -0.495 e. The summed E-state index contributed by atoms with van der Waals surface area (Å²) in [6.45, 7) is 5.54. The first-order valence-electron chi connectivity index (χ1n) is 13.1. The van der Waals surface area contributed by atoms with E-state index in [9.17, 15) is 18.0 Å². The minimum absolute atomic E-state index is 0.00731. The molecule has 0 heterocycles. The molecular formula is C30H36ClN3O5S. The van der Waals surface area contributed by atoms with Gasteiger partial charge in [0, 0.05) is 18.1 Å². The monoisotopic (exact) mass is 585 g/mol. The van der Waals surface area contributed by atoms with Crippen LogP contribution < -0.4 is 14.4 Å².